The molecule has 2 aromatic heterocycles. The third kappa shape index (κ3) is 2.79. The maximum atomic E-state index is 13.1. The van der Waals surface area contributed by atoms with E-state index in [0.717, 1.165) is 17.7 Å². The monoisotopic (exact) mass is 336 g/mol. The number of halogens is 3. The number of aromatic nitrogens is 2. The molecule has 3 heterocycles. The van der Waals surface area contributed by atoms with Crippen LogP contribution in [0.4, 0.5) is 24.7 Å². The van der Waals surface area contributed by atoms with Gasteiger partial charge in [0.25, 0.3) is 0 Å². The summed E-state index contributed by atoms with van der Waals surface area (Å²) in [4.78, 5) is 22.0. The summed E-state index contributed by atoms with van der Waals surface area (Å²) in [5.41, 5.74) is 0.883. The van der Waals surface area contributed by atoms with Crippen LogP contribution in [-0.2, 0) is 17.4 Å². The number of hydrogen-bond donors (Lipinski definition) is 1. The fourth-order valence-corrected chi connectivity index (χ4v) is 2.88. The molecule has 1 aliphatic heterocycles. The molecule has 8 heteroatoms. The predicted octanol–water partition coefficient (Wildman–Crippen LogP) is 2.61. The number of amides is 1. The Kier molecular flexibility index (Phi) is 3.90. The minimum atomic E-state index is -4.48. The molecule has 0 fully saturated rings. The second-order valence-electron chi connectivity index (χ2n) is 5.56. The first kappa shape index (κ1) is 16.2. The van der Waals surface area contributed by atoms with Crippen LogP contribution in [0.3, 0.4) is 0 Å². The topological polar surface area (TPSA) is 58.1 Å². The molecule has 3 rings (SSSR count). The maximum absolute atomic E-state index is 13.1. The lowest BCUT2D eigenvalue weighted by atomic mass is 10.1. The molecule has 1 N–H and O–H groups in total. The molecular weight excluding hydrogens is 321 g/mol. The van der Waals surface area contributed by atoms with Crippen molar-refractivity contribution >= 4 is 17.4 Å². The van der Waals surface area contributed by atoms with E-state index in [4.69, 9.17) is 0 Å². The SMILES string of the molecule is CNC(=O)C1Cc2cnccc2N1c1cc(C(F)(F)F)cc(C)n1. The number of alkyl halides is 3. The molecule has 5 nitrogen and oxygen atoms in total. The second kappa shape index (κ2) is 5.77. The van der Waals surface area contributed by atoms with E-state index in [2.05, 4.69) is 15.3 Å². The van der Waals surface area contributed by atoms with Gasteiger partial charge in [0.15, 0.2) is 0 Å². The number of anilines is 2. The highest BCUT2D eigenvalue weighted by molar-refractivity contribution is 5.90. The fraction of sp³-hybridized carbons (Fsp3) is 0.312. The molecule has 0 bridgehead atoms. The van der Waals surface area contributed by atoms with Gasteiger partial charge in [0.05, 0.1) is 5.56 Å². The molecule has 2 aromatic rings. The lowest BCUT2D eigenvalue weighted by Gasteiger charge is -2.26. The van der Waals surface area contributed by atoms with Crippen LogP contribution in [0.2, 0.25) is 0 Å². The van der Waals surface area contributed by atoms with Crippen LogP contribution in [0, 0.1) is 6.92 Å². The van der Waals surface area contributed by atoms with Gasteiger partial charge in [-0.2, -0.15) is 13.2 Å². The molecule has 0 aromatic carbocycles. The Balaban J connectivity index is 2.14. The highest BCUT2D eigenvalue weighted by atomic mass is 19.4. The van der Waals surface area contributed by atoms with Crippen molar-refractivity contribution in [1.29, 1.82) is 0 Å². The van der Waals surface area contributed by atoms with E-state index < -0.39 is 17.8 Å². The Hall–Kier alpha value is -2.64. The van der Waals surface area contributed by atoms with Gasteiger partial charge in [0.2, 0.25) is 5.91 Å². The summed E-state index contributed by atoms with van der Waals surface area (Å²) in [6, 6.07) is 2.97. The minimum Gasteiger partial charge on any atom is -0.357 e. The van der Waals surface area contributed by atoms with Crippen molar-refractivity contribution in [1.82, 2.24) is 15.3 Å². The average Bonchev–Trinajstić information content (AvgIpc) is 2.92. The quantitative estimate of drug-likeness (QED) is 0.916. The molecule has 24 heavy (non-hydrogen) atoms. The standard InChI is InChI=1S/C16H15F3N4O/c1-9-5-11(16(17,18)19)7-14(22-9)23-12-3-4-21-8-10(12)6-13(23)15(24)20-2/h3-5,7-8,13H,6H2,1-2H3,(H,20,24). The van der Waals surface area contributed by atoms with Gasteiger partial charge in [-0.25, -0.2) is 4.98 Å². The van der Waals surface area contributed by atoms with Crippen LogP contribution in [0.1, 0.15) is 16.8 Å². The third-order valence-electron chi connectivity index (χ3n) is 3.93. The second-order valence-corrected chi connectivity index (χ2v) is 5.56. The molecule has 1 atom stereocenters. The number of likely N-dealkylation sites (N-methyl/N-ethyl adjacent to an activating group) is 1. The summed E-state index contributed by atoms with van der Waals surface area (Å²) >= 11 is 0. The summed E-state index contributed by atoms with van der Waals surface area (Å²) in [6.45, 7) is 1.50. The molecule has 0 radical (unpaired) electrons. The highest BCUT2D eigenvalue weighted by Gasteiger charge is 2.38. The van der Waals surface area contributed by atoms with Gasteiger partial charge in [-0.15, -0.1) is 0 Å². The maximum Gasteiger partial charge on any atom is 0.416 e. The van der Waals surface area contributed by atoms with Gasteiger partial charge in [-0.3, -0.25) is 9.78 Å². The number of carbonyl (C=O) groups is 1. The molecule has 1 unspecified atom stereocenters. The number of hydrogen-bond acceptors (Lipinski definition) is 4. The largest absolute Gasteiger partial charge is 0.416 e. The van der Waals surface area contributed by atoms with Crippen molar-refractivity contribution < 1.29 is 18.0 Å². The van der Waals surface area contributed by atoms with Crippen molar-refractivity contribution in [2.45, 2.75) is 25.6 Å². The van der Waals surface area contributed by atoms with Crippen LogP contribution in [0.25, 0.3) is 0 Å². The Bertz CT molecular complexity index is 791. The van der Waals surface area contributed by atoms with E-state index in [-0.39, 0.29) is 17.4 Å². The van der Waals surface area contributed by atoms with Gasteiger partial charge in [0, 0.05) is 37.2 Å². The first-order valence-corrected chi connectivity index (χ1v) is 7.31. The zero-order valence-electron chi connectivity index (χ0n) is 13.1. The number of fused-ring (bicyclic) bond motifs is 1. The van der Waals surface area contributed by atoms with Crippen LogP contribution < -0.4 is 10.2 Å². The van der Waals surface area contributed by atoms with Crippen molar-refractivity contribution in [3.63, 3.8) is 0 Å². The zero-order chi connectivity index (χ0) is 17.5. The van der Waals surface area contributed by atoms with Crippen LogP contribution >= 0.6 is 0 Å². The number of carbonyl (C=O) groups excluding carboxylic acids is 1. The summed E-state index contributed by atoms with van der Waals surface area (Å²) < 4.78 is 39.4. The van der Waals surface area contributed by atoms with Crippen molar-refractivity contribution in [2.24, 2.45) is 0 Å². The van der Waals surface area contributed by atoms with E-state index in [1.54, 1.807) is 18.5 Å². The molecule has 0 saturated heterocycles. The Morgan fingerprint density at radius 1 is 1.38 bits per heavy atom. The van der Waals surface area contributed by atoms with Gasteiger partial charge >= 0.3 is 6.18 Å². The average molecular weight is 336 g/mol. The Morgan fingerprint density at radius 3 is 2.79 bits per heavy atom. The number of pyridine rings is 2. The number of nitrogens with one attached hydrogen (secondary N) is 1. The lowest BCUT2D eigenvalue weighted by molar-refractivity contribution is -0.137. The summed E-state index contributed by atoms with van der Waals surface area (Å²) in [6.07, 6.45) is -0.962. The van der Waals surface area contributed by atoms with Crippen molar-refractivity contribution in [3.05, 3.63) is 47.4 Å². The molecule has 0 spiro atoms. The predicted molar refractivity (Wildman–Crippen MR) is 81.9 cm³/mol. The van der Waals surface area contributed by atoms with E-state index >= 15 is 0 Å². The Labute approximate surface area is 136 Å². The first-order valence-electron chi connectivity index (χ1n) is 7.31. The lowest BCUT2D eigenvalue weighted by Crippen LogP contribution is -2.42. The minimum absolute atomic E-state index is 0.0980. The van der Waals surface area contributed by atoms with Crippen LogP contribution in [-0.4, -0.2) is 29.0 Å². The van der Waals surface area contributed by atoms with Crippen LogP contribution in [0.15, 0.2) is 30.6 Å². The van der Waals surface area contributed by atoms with E-state index in [9.17, 15) is 18.0 Å². The van der Waals surface area contributed by atoms with E-state index in [1.165, 1.54) is 18.9 Å². The number of nitrogens with zero attached hydrogens (tertiary/aromatic N) is 3. The first-order chi connectivity index (χ1) is 11.3. The van der Waals surface area contributed by atoms with Crippen LogP contribution in [0.5, 0.6) is 0 Å². The van der Waals surface area contributed by atoms with E-state index in [0.29, 0.717) is 12.1 Å². The molecule has 0 saturated carbocycles. The fourth-order valence-electron chi connectivity index (χ4n) is 2.88. The van der Waals surface area contributed by atoms with Gasteiger partial charge in [0.1, 0.15) is 11.9 Å². The molecule has 126 valence electrons. The normalized spacial score (nSPS) is 16.9. The summed E-state index contributed by atoms with van der Waals surface area (Å²) in [5, 5.41) is 2.55. The smallest absolute Gasteiger partial charge is 0.357 e. The third-order valence-corrected chi connectivity index (χ3v) is 3.93. The van der Waals surface area contributed by atoms with Crippen molar-refractivity contribution in [2.75, 3.05) is 11.9 Å². The van der Waals surface area contributed by atoms with Gasteiger partial charge in [-0.1, -0.05) is 0 Å². The molecule has 1 aliphatic rings. The zero-order valence-corrected chi connectivity index (χ0v) is 13.1. The van der Waals surface area contributed by atoms with Gasteiger partial charge < -0.3 is 10.2 Å². The van der Waals surface area contributed by atoms with E-state index in [1.807, 2.05) is 0 Å². The molecular formula is C16H15F3N4O. The van der Waals surface area contributed by atoms with Gasteiger partial charge in [-0.05, 0) is 30.7 Å². The molecule has 1 amide bonds. The molecule has 0 aliphatic carbocycles. The van der Waals surface area contributed by atoms with Crippen molar-refractivity contribution in [3.8, 4) is 0 Å². The highest BCUT2D eigenvalue weighted by Crippen LogP contribution is 2.39. The number of aryl methyl sites for hydroxylation is 1. The summed E-state index contributed by atoms with van der Waals surface area (Å²) in [7, 11) is 1.49. The Morgan fingerprint density at radius 2 is 2.12 bits per heavy atom. The number of rotatable bonds is 2. The summed E-state index contributed by atoms with van der Waals surface area (Å²) in [5.74, 6) is -0.191.